The molecule has 30 heavy (non-hydrogen) atoms. The number of para-hydroxylation sites is 1. The van der Waals surface area contributed by atoms with Gasteiger partial charge in [-0.2, -0.15) is 0 Å². The predicted octanol–water partition coefficient (Wildman–Crippen LogP) is 4.30. The lowest BCUT2D eigenvalue weighted by atomic mass is 10.1. The van der Waals surface area contributed by atoms with Gasteiger partial charge in [0, 0.05) is 29.9 Å². The van der Waals surface area contributed by atoms with Gasteiger partial charge < -0.3 is 19.9 Å². The third kappa shape index (κ3) is 4.71. The Labute approximate surface area is 175 Å². The average Bonchev–Trinajstić information content (AvgIpc) is 3.27. The smallest absolute Gasteiger partial charge is 0.322 e. The monoisotopic (exact) mass is 405 g/mol. The van der Waals surface area contributed by atoms with Crippen molar-refractivity contribution in [1.82, 2.24) is 9.88 Å². The molecule has 2 aromatic carbocycles. The molecule has 1 aliphatic rings. The van der Waals surface area contributed by atoms with Gasteiger partial charge >= 0.3 is 6.03 Å². The Morgan fingerprint density at radius 2 is 2.03 bits per heavy atom. The SMILES string of the molecule is CCc1ccc2[nH]c(=O)c(CN(CC3CCCO3)C(=O)Nc3ccccc3)cc2c1. The number of hydrogen-bond donors (Lipinski definition) is 2. The third-order valence-corrected chi connectivity index (χ3v) is 5.52. The molecule has 1 saturated heterocycles. The molecule has 0 bridgehead atoms. The van der Waals surface area contributed by atoms with Crippen LogP contribution in [-0.2, 0) is 17.7 Å². The second kappa shape index (κ2) is 9.13. The molecule has 6 heteroatoms. The number of urea groups is 1. The second-order valence-electron chi connectivity index (χ2n) is 7.71. The Bertz CT molecular complexity index is 1070. The summed E-state index contributed by atoms with van der Waals surface area (Å²) < 4.78 is 5.74. The van der Waals surface area contributed by atoms with E-state index in [2.05, 4.69) is 23.3 Å². The molecule has 2 amide bonds. The lowest BCUT2D eigenvalue weighted by Gasteiger charge is -2.25. The number of H-pyrrole nitrogens is 1. The zero-order valence-electron chi connectivity index (χ0n) is 17.2. The van der Waals surface area contributed by atoms with E-state index in [1.165, 1.54) is 5.56 Å². The number of amides is 2. The molecule has 156 valence electrons. The van der Waals surface area contributed by atoms with Crippen molar-refractivity contribution in [3.63, 3.8) is 0 Å². The van der Waals surface area contributed by atoms with Crippen LogP contribution in [0.4, 0.5) is 10.5 Å². The topological polar surface area (TPSA) is 74.4 Å². The third-order valence-electron chi connectivity index (χ3n) is 5.52. The summed E-state index contributed by atoms with van der Waals surface area (Å²) in [6.07, 6.45) is 2.84. The largest absolute Gasteiger partial charge is 0.376 e. The Morgan fingerprint density at radius 3 is 2.77 bits per heavy atom. The summed E-state index contributed by atoms with van der Waals surface area (Å²) in [5.74, 6) is 0. The van der Waals surface area contributed by atoms with E-state index in [4.69, 9.17) is 4.74 Å². The fourth-order valence-electron chi connectivity index (χ4n) is 3.82. The van der Waals surface area contributed by atoms with Gasteiger partial charge in [-0.25, -0.2) is 4.79 Å². The van der Waals surface area contributed by atoms with Crippen LogP contribution in [0.1, 0.15) is 30.9 Å². The van der Waals surface area contributed by atoms with E-state index in [1.807, 2.05) is 48.5 Å². The number of rotatable bonds is 6. The maximum Gasteiger partial charge on any atom is 0.322 e. The highest BCUT2D eigenvalue weighted by molar-refractivity contribution is 5.89. The van der Waals surface area contributed by atoms with Gasteiger partial charge in [0.05, 0.1) is 12.6 Å². The zero-order chi connectivity index (χ0) is 20.9. The number of aromatic amines is 1. The van der Waals surface area contributed by atoms with E-state index in [0.29, 0.717) is 12.1 Å². The summed E-state index contributed by atoms with van der Waals surface area (Å²) in [5.41, 5.74) is 3.13. The lowest BCUT2D eigenvalue weighted by Crippen LogP contribution is -2.40. The first kappa shape index (κ1) is 20.2. The quantitative estimate of drug-likeness (QED) is 0.642. The van der Waals surface area contributed by atoms with Gasteiger partial charge in [-0.05, 0) is 60.5 Å². The van der Waals surface area contributed by atoms with Crippen molar-refractivity contribution in [2.75, 3.05) is 18.5 Å². The molecule has 2 heterocycles. The van der Waals surface area contributed by atoms with Crippen LogP contribution in [0.25, 0.3) is 10.9 Å². The molecule has 0 radical (unpaired) electrons. The highest BCUT2D eigenvalue weighted by atomic mass is 16.5. The Kier molecular flexibility index (Phi) is 6.14. The molecule has 2 N–H and O–H groups in total. The number of ether oxygens (including phenoxy) is 1. The Balaban J connectivity index is 1.60. The van der Waals surface area contributed by atoms with Gasteiger partial charge in [-0.15, -0.1) is 0 Å². The number of nitrogens with one attached hydrogen (secondary N) is 2. The minimum atomic E-state index is -0.237. The van der Waals surface area contributed by atoms with E-state index < -0.39 is 0 Å². The summed E-state index contributed by atoms with van der Waals surface area (Å²) in [6.45, 7) is 3.49. The van der Waals surface area contributed by atoms with Crippen LogP contribution < -0.4 is 10.9 Å². The molecule has 0 spiro atoms. The number of nitrogens with zero attached hydrogens (tertiary/aromatic N) is 1. The predicted molar refractivity (Wildman–Crippen MR) is 119 cm³/mol. The molecule has 1 fully saturated rings. The molecular weight excluding hydrogens is 378 g/mol. The molecule has 1 aromatic heterocycles. The van der Waals surface area contributed by atoms with Crippen molar-refractivity contribution < 1.29 is 9.53 Å². The van der Waals surface area contributed by atoms with Crippen LogP contribution >= 0.6 is 0 Å². The highest BCUT2D eigenvalue weighted by Crippen LogP contribution is 2.18. The lowest BCUT2D eigenvalue weighted by molar-refractivity contribution is 0.0818. The van der Waals surface area contributed by atoms with Crippen LogP contribution in [-0.4, -0.2) is 35.2 Å². The van der Waals surface area contributed by atoms with Crippen molar-refractivity contribution in [1.29, 1.82) is 0 Å². The zero-order valence-corrected chi connectivity index (χ0v) is 17.2. The number of aryl methyl sites for hydroxylation is 1. The molecule has 1 atom stereocenters. The molecular formula is C24H27N3O3. The van der Waals surface area contributed by atoms with E-state index in [-0.39, 0.29) is 24.2 Å². The number of carbonyl (C=O) groups is 1. The minimum absolute atomic E-state index is 0.00208. The minimum Gasteiger partial charge on any atom is -0.376 e. The number of anilines is 1. The fourth-order valence-corrected chi connectivity index (χ4v) is 3.82. The average molecular weight is 405 g/mol. The first-order valence-corrected chi connectivity index (χ1v) is 10.5. The number of carbonyl (C=O) groups excluding carboxylic acids is 1. The van der Waals surface area contributed by atoms with Crippen LogP contribution in [0.15, 0.2) is 59.4 Å². The van der Waals surface area contributed by atoms with Crippen molar-refractivity contribution in [2.45, 2.75) is 38.8 Å². The number of hydrogen-bond acceptors (Lipinski definition) is 3. The molecule has 1 aliphatic heterocycles. The van der Waals surface area contributed by atoms with E-state index in [1.54, 1.807) is 4.90 Å². The maximum atomic E-state index is 13.0. The summed E-state index contributed by atoms with van der Waals surface area (Å²) in [6, 6.07) is 17.0. The molecule has 6 nitrogen and oxygen atoms in total. The Hall–Kier alpha value is -3.12. The molecule has 3 aromatic rings. The Morgan fingerprint density at radius 1 is 1.20 bits per heavy atom. The van der Waals surface area contributed by atoms with Gasteiger partial charge in [-0.1, -0.05) is 31.2 Å². The van der Waals surface area contributed by atoms with Gasteiger partial charge in [0.25, 0.3) is 5.56 Å². The van der Waals surface area contributed by atoms with Crippen molar-refractivity contribution >= 4 is 22.6 Å². The van der Waals surface area contributed by atoms with Crippen molar-refractivity contribution in [3.8, 4) is 0 Å². The first-order valence-electron chi connectivity index (χ1n) is 10.5. The number of pyridine rings is 1. The molecule has 1 unspecified atom stereocenters. The summed E-state index contributed by atoms with van der Waals surface area (Å²) >= 11 is 0. The standard InChI is InChI=1S/C24H27N3O3/c1-2-17-10-11-22-18(13-17)14-19(23(28)26-22)15-27(16-21-9-6-12-30-21)24(29)25-20-7-4-3-5-8-20/h3-5,7-8,10-11,13-14,21H,2,6,9,12,15-16H2,1H3,(H,25,29)(H,26,28). The van der Waals surface area contributed by atoms with Gasteiger partial charge in [0.15, 0.2) is 0 Å². The summed E-state index contributed by atoms with van der Waals surface area (Å²) in [4.78, 5) is 30.3. The molecule has 0 aliphatic carbocycles. The second-order valence-corrected chi connectivity index (χ2v) is 7.71. The first-order chi connectivity index (χ1) is 14.6. The van der Waals surface area contributed by atoms with E-state index in [0.717, 1.165) is 42.5 Å². The van der Waals surface area contributed by atoms with Gasteiger partial charge in [0.1, 0.15) is 0 Å². The fraction of sp³-hybridized carbons (Fsp3) is 0.333. The van der Waals surface area contributed by atoms with Crippen LogP contribution in [0.5, 0.6) is 0 Å². The normalized spacial score (nSPS) is 16.0. The van der Waals surface area contributed by atoms with Crippen molar-refractivity contribution in [2.24, 2.45) is 0 Å². The number of fused-ring (bicyclic) bond motifs is 1. The highest BCUT2D eigenvalue weighted by Gasteiger charge is 2.24. The van der Waals surface area contributed by atoms with E-state index in [9.17, 15) is 9.59 Å². The molecule has 0 saturated carbocycles. The maximum absolute atomic E-state index is 13.0. The number of benzene rings is 2. The summed E-state index contributed by atoms with van der Waals surface area (Å²) in [5, 5.41) is 3.91. The summed E-state index contributed by atoms with van der Waals surface area (Å²) in [7, 11) is 0. The van der Waals surface area contributed by atoms with Gasteiger partial charge in [0.2, 0.25) is 0 Å². The van der Waals surface area contributed by atoms with Crippen molar-refractivity contribution in [3.05, 3.63) is 76.1 Å². The van der Waals surface area contributed by atoms with Crippen LogP contribution in [0.3, 0.4) is 0 Å². The van der Waals surface area contributed by atoms with E-state index >= 15 is 0 Å². The molecule has 4 rings (SSSR count). The van der Waals surface area contributed by atoms with Crippen LogP contribution in [0.2, 0.25) is 0 Å². The van der Waals surface area contributed by atoms with Crippen LogP contribution in [0, 0.1) is 0 Å². The van der Waals surface area contributed by atoms with Gasteiger partial charge in [-0.3, -0.25) is 4.79 Å². The number of aromatic nitrogens is 1.